The Bertz CT molecular complexity index is 252. The normalized spacial score (nSPS) is 16.5. The van der Waals surface area contributed by atoms with Crippen LogP contribution in [0.15, 0.2) is 0 Å². The van der Waals surface area contributed by atoms with Gasteiger partial charge in [0.25, 0.3) is 0 Å². The zero-order valence-electron chi connectivity index (χ0n) is 10.3. The van der Waals surface area contributed by atoms with Crippen LogP contribution in [0.5, 0.6) is 0 Å². The van der Waals surface area contributed by atoms with Crippen molar-refractivity contribution in [2.24, 2.45) is 0 Å². The van der Waals surface area contributed by atoms with E-state index in [0.29, 0.717) is 13.0 Å². The van der Waals surface area contributed by atoms with E-state index in [1.54, 1.807) is 6.92 Å². The van der Waals surface area contributed by atoms with Crippen molar-refractivity contribution in [3.8, 4) is 0 Å². The summed E-state index contributed by atoms with van der Waals surface area (Å²) in [5, 5.41) is 5.31. The zero-order valence-corrected chi connectivity index (χ0v) is 10.3. The van der Waals surface area contributed by atoms with Crippen molar-refractivity contribution >= 4 is 11.8 Å². The number of carbonyl (C=O) groups excluding carboxylic acids is 2. The quantitative estimate of drug-likeness (QED) is 0.625. The molecule has 6 heteroatoms. The van der Waals surface area contributed by atoms with Gasteiger partial charge in [-0.15, -0.1) is 0 Å². The predicted molar refractivity (Wildman–Crippen MR) is 63.6 cm³/mol. The number of rotatable bonds is 6. The Morgan fingerprint density at radius 2 is 1.88 bits per heavy atom. The van der Waals surface area contributed by atoms with E-state index in [1.165, 1.54) is 0 Å². The molecule has 1 rings (SSSR count). The second-order valence-electron chi connectivity index (χ2n) is 3.93. The average Bonchev–Trinajstić information content (AvgIpc) is 2.37. The van der Waals surface area contributed by atoms with Crippen LogP contribution < -0.4 is 10.6 Å². The van der Waals surface area contributed by atoms with E-state index < -0.39 is 0 Å². The molecule has 1 fully saturated rings. The fourth-order valence-corrected chi connectivity index (χ4v) is 1.54. The molecule has 2 amide bonds. The Hall–Kier alpha value is -1.14. The molecular weight excluding hydrogens is 222 g/mol. The van der Waals surface area contributed by atoms with E-state index in [4.69, 9.17) is 4.74 Å². The zero-order chi connectivity index (χ0) is 12.5. The summed E-state index contributed by atoms with van der Waals surface area (Å²) in [5.41, 5.74) is 0. The summed E-state index contributed by atoms with van der Waals surface area (Å²) in [6.45, 7) is 6.63. The van der Waals surface area contributed by atoms with Crippen LogP contribution in [0.25, 0.3) is 0 Å². The average molecular weight is 243 g/mol. The Balaban J connectivity index is 2.01. The number of hydrogen-bond donors (Lipinski definition) is 2. The van der Waals surface area contributed by atoms with Crippen molar-refractivity contribution in [2.45, 2.75) is 13.3 Å². The smallest absolute Gasteiger partial charge is 0.239 e. The van der Waals surface area contributed by atoms with Gasteiger partial charge in [0.05, 0.1) is 19.8 Å². The summed E-state index contributed by atoms with van der Waals surface area (Å²) in [4.78, 5) is 24.5. The van der Waals surface area contributed by atoms with Gasteiger partial charge >= 0.3 is 0 Å². The van der Waals surface area contributed by atoms with Gasteiger partial charge in [-0.3, -0.25) is 14.5 Å². The highest BCUT2D eigenvalue weighted by molar-refractivity contribution is 5.84. The molecule has 0 radical (unpaired) electrons. The van der Waals surface area contributed by atoms with Crippen molar-refractivity contribution in [1.29, 1.82) is 0 Å². The van der Waals surface area contributed by atoms with E-state index in [-0.39, 0.29) is 18.4 Å². The van der Waals surface area contributed by atoms with Gasteiger partial charge in [-0.1, -0.05) is 6.92 Å². The van der Waals surface area contributed by atoms with E-state index in [9.17, 15) is 9.59 Å². The molecule has 1 aliphatic heterocycles. The lowest BCUT2D eigenvalue weighted by Crippen LogP contribution is -2.43. The lowest BCUT2D eigenvalue weighted by Gasteiger charge is -2.26. The van der Waals surface area contributed by atoms with Crippen LogP contribution in [0.2, 0.25) is 0 Å². The van der Waals surface area contributed by atoms with Gasteiger partial charge in [0, 0.05) is 32.6 Å². The summed E-state index contributed by atoms with van der Waals surface area (Å²) in [6, 6.07) is 0. The Morgan fingerprint density at radius 1 is 1.18 bits per heavy atom. The molecule has 0 aromatic rings. The van der Waals surface area contributed by atoms with E-state index >= 15 is 0 Å². The number of nitrogens with one attached hydrogen (secondary N) is 2. The van der Waals surface area contributed by atoms with Crippen LogP contribution in [0.1, 0.15) is 13.3 Å². The van der Waals surface area contributed by atoms with E-state index in [0.717, 1.165) is 32.8 Å². The highest BCUT2D eigenvalue weighted by Crippen LogP contribution is 1.94. The van der Waals surface area contributed by atoms with Gasteiger partial charge < -0.3 is 15.4 Å². The third-order valence-corrected chi connectivity index (χ3v) is 2.62. The van der Waals surface area contributed by atoms with Crippen molar-refractivity contribution in [3.63, 3.8) is 0 Å². The van der Waals surface area contributed by atoms with Crippen LogP contribution in [-0.2, 0) is 14.3 Å². The van der Waals surface area contributed by atoms with Gasteiger partial charge in [0.2, 0.25) is 11.8 Å². The summed E-state index contributed by atoms with van der Waals surface area (Å²) in [5.74, 6) is -0.242. The molecular formula is C11H21N3O3. The topological polar surface area (TPSA) is 70.7 Å². The lowest BCUT2D eigenvalue weighted by atomic mass is 10.4. The molecule has 17 heavy (non-hydrogen) atoms. The lowest BCUT2D eigenvalue weighted by molar-refractivity contribution is -0.125. The van der Waals surface area contributed by atoms with E-state index in [2.05, 4.69) is 15.5 Å². The first-order valence-corrected chi connectivity index (χ1v) is 6.06. The molecule has 0 saturated carbocycles. The molecule has 0 aliphatic carbocycles. The summed E-state index contributed by atoms with van der Waals surface area (Å²) < 4.78 is 5.23. The molecule has 0 unspecified atom stereocenters. The first kappa shape index (κ1) is 13.9. The van der Waals surface area contributed by atoms with Gasteiger partial charge in [-0.2, -0.15) is 0 Å². The summed E-state index contributed by atoms with van der Waals surface area (Å²) >= 11 is 0. The third-order valence-electron chi connectivity index (χ3n) is 2.62. The molecule has 2 N–H and O–H groups in total. The van der Waals surface area contributed by atoms with Crippen LogP contribution >= 0.6 is 0 Å². The first-order chi connectivity index (χ1) is 8.22. The maximum absolute atomic E-state index is 11.3. The molecule has 98 valence electrons. The summed E-state index contributed by atoms with van der Waals surface area (Å²) in [7, 11) is 0. The van der Waals surface area contributed by atoms with Gasteiger partial charge in [0.1, 0.15) is 0 Å². The number of carbonyl (C=O) groups is 2. The Morgan fingerprint density at radius 3 is 2.53 bits per heavy atom. The minimum atomic E-state index is -0.139. The Labute approximate surface area is 102 Å². The summed E-state index contributed by atoms with van der Waals surface area (Å²) in [6.07, 6.45) is 0.404. The fraction of sp³-hybridized carbons (Fsp3) is 0.818. The minimum Gasteiger partial charge on any atom is -0.379 e. The molecule has 1 saturated heterocycles. The predicted octanol–water partition coefficient (Wildman–Crippen LogP) is -1.04. The largest absolute Gasteiger partial charge is 0.379 e. The number of hydrogen-bond acceptors (Lipinski definition) is 4. The SMILES string of the molecule is CCC(=O)NCC(=O)NCCN1CCOCC1. The van der Waals surface area contributed by atoms with Gasteiger partial charge in [-0.05, 0) is 0 Å². The molecule has 0 spiro atoms. The second kappa shape index (κ2) is 8.03. The van der Waals surface area contributed by atoms with Crippen molar-refractivity contribution in [2.75, 3.05) is 45.9 Å². The van der Waals surface area contributed by atoms with E-state index in [1.807, 2.05) is 0 Å². The van der Waals surface area contributed by atoms with Crippen molar-refractivity contribution < 1.29 is 14.3 Å². The van der Waals surface area contributed by atoms with Gasteiger partial charge in [-0.25, -0.2) is 0 Å². The maximum Gasteiger partial charge on any atom is 0.239 e. The van der Waals surface area contributed by atoms with Gasteiger partial charge in [0.15, 0.2) is 0 Å². The number of nitrogens with zero attached hydrogens (tertiary/aromatic N) is 1. The molecule has 6 nitrogen and oxygen atoms in total. The molecule has 0 bridgehead atoms. The van der Waals surface area contributed by atoms with Crippen molar-refractivity contribution in [3.05, 3.63) is 0 Å². The Kier molecular flexibility index (Phi) is 6.57. The first-order valence-electron chi connectivity index (χ1n) is 6.06. The molecule has 0 aromatic heterocycles. The van der Waals surface area contributed by atoms with Crippen LogP contribution in [-0.4, -0.2) is 62.7 Å². The monoisotopic (exact) mass is 243 g/mol. The third kappa shape index (κ3) is 6.23. The number of amides is 2. The standard InChI is InChI=1S/C11H21N3O3/c1-2-10(15)13-9-11(16)12-3-4-14-5-7-17-8-6-14/h2-9H2,1H3,(H,12,16)(H,13,15). The van der Waals surface area contributed by atoms with Crippen molar-refractivity contribution in [1.82, 2.24) is 15.5 Å². The maximum atomic E-state index is 11.3. The minimum absolute atomic E-state index is 0.0653. The highest BCUT2D eigenvalue weighted by Gasteiger charge is 2.10. The number of morpholine rings is 1. The fourth-order valence-electron chi connectivity index (χ4n) is 1.54. The molecule has 0 atom stereocenters. The second-order valence-corrected chi connectivity index (χ2v) is 3.93. The number of ether oxygens (including phenoxy) is 1. The van der Waals surface area contributed by atoms with Crippen LogP contribution in [0, 0.1) is 0 Å². The molecule has 1 heterocycles. The highest BCUT2D eigenvalue weighted by atomic mass is 16.5. The van der Waals surface area contributed by atoms with Crippen LogP contribution in [0.4, 0.5) is 0 Å². The molecule has 1 aliphatic rings. The molecule has 0 aromatic carbocycles. The van der Waals surface area contributed by atoms with Crippen LogP contribution in [0.3, 0.4) is 0 Å².